The van der Waals surface area contributed by atoms with Gasteiger partial charge in [0.1, 0.15) is 0 Å². The van der Waals surface area contributed by atoms with Gasteiger partial charge in [-0.15, -0.1) is 11.7 Å². The Morgan fingerprint density at radius 2 is 1.75 bits per heavy atom. The van der Waals surface area contributed by atoms with Gasteiger partial charge in [-0.3, -0.25) is 0 Å². The van der Waals surface area contributed by atoms with Crippen molar-refractivity contribution in [1.29, 1.82) is 0 Å². The van der Waals surface area contributed by atoms with Gasteiger partial charge in [-0.2, -0.15) is 0 Å². The second-order valence-corrected chi connectivity index (χ2v) is 2.87. The highest BCUT2D eigenvalue weighted by atomic mass is 16.6. The van der Waals surface area contributed by atoms with Gasteiger partial charge in [-0.05, 0) is 13.8 Å². The molecule has 0 saturated carbocycles. The van der Waals surface area contributed by atoms with Crippen LogP contribution in [0.25, 0.3) is 0 Å². The van der Waals surface area contributed by atoms with Crippen LogP contribution in [0.15, 0.2) is 17.8 Å². The predicted molar refractivity (Wildman–Crippen MR) is 69.0 cm³/mol. The van der Waals surface area contributed by atoms with Crippen molar-refractivity contribution >= 4 is 6.21 Å². The van der Waals surface area contributed by atoms with Gasteiger partial charge < -0.3 is 15.1 Å². The van der Waals surface area contributed by atoms with Gasteiger partial charge >= 0.3 is 0 Å². The Morgan fingerprint density at radius 3 is 2.00 bits per heavy atom. The first-order chi connectivity index (χ1) is 7.49. The molecule has 0 saturated heterocycles. The van der Waals surface area contributed by atoms with E-state index in [-0.39, 0.29) is 6.10 Å². The molecule has 0 radical (unpaired) electrons. The summed E-state index contributed by atoms with van der Waals surface area (Å²) in [5, 5.41) is 20.2. The second kappa shape index (κ2) is 14.1. The molecule has 4 heteroatoms. The summed E-state index contributed by atoms with van der Waals surface area (Å²) in [6.07, 6.45) is 2.89. The molecule has 0 heterocycles. The Labute approximate surface area is 99.6 Å². The lowest BCUT2D eigenvalue weighted by molar-refractivity contribution is -0.192. The minimum Gasteiger partial charge on any atom is -0.411 e. The highest BCUT2D eigenvalue weighted by Crippen LogP contribution is 2.10. The van der Waals surface area contributed by atoms with Crippen LogP contribution in [0.2, 0.25) is 0 Å². The maximum absolute atomic E-state index is 9.24. The van der Waals surface area contributed by atoms with E-state index in [1.807, 2.05) is 27.7 Å². The van der Waals surface area contributed by atoms with Gasteiger partial charge in [0.15, 0.2) is 5.79 Å². The van der Waals surface area contributed by atoms with E-state index in [4.69, 9.17) is 9.94 Å². The van der Waals surface area contributed by atoms with Crippen LogP contribution in [0.1, 0.15) is 48.0 Å². The molecule has 0 rings (SSSR count). The number of nitrogens with zero attached hydrogens (tertiary/aromatic N) is 1. The average molecular weight is 233 g/mol. The monoisotopic (exact) mass is 233 g/mol. The van der Waals surface area contributed by atoms with Crippen molar-refractivity contribution in [1.82, 2.24) is 0 Å². The number of hydrogen-bond donors (Lipinski definition) is 2. The second-order valence-electron chi connectivity index (χ2n) is 2.87. The molecular formula is C12H27NO3. The lowest BCUT2D eigenvalue weighted by atomic mass is 10.2. The number of aliphatic hydroxyl groups is 1. The standard InChI is InChI=1S/C8H15NO3.2C2H6/c1-4-7(5-6-9-11)12-8(2,3)10;2*1-2/h4,6-7,10-11H,1,5H2,2-3H3;2*1-2H3/b9-6+;;. The zero-order valence-corrected chi connectivity index (χ0v) is 11.4. The van der Waals surface area contributed by atoms with E-state index >= 15 is 0 Å². The summed E-state index contributed by atoms with van der Waals surface area (Å²) in [5.74, 6) is -1.19. The molecule has 1 unspecified atom stereocenters. The van der Waals surface area contributed by atoms with Gasteiger partial charge in [-0.1, -0.05) is 33.8 Å². The molecule has 4 nitrogen and oxygen atoms in total. The van der Waals surface area contributed by atoms with Gasteiger partial charge in [0.2, 0.25) is 0 Å². The van der Waals surface area contributed by atoms with Crippen LogP contribution in [0.5, 0.6) is 0 Å². The fourth-order valence-corrected chi connectivity index (χ4v) is 0.714. The van der Waals surface area contributed by atoms with Crippen molar-refractivity contribution in [3.63, 3.8) is 0 Å². The molecule has 0 aliphatic carbocycles. The maximum atomic E-state index is 9.24. The van der Waals surface area contributed by atoms with E-state index in [2.05, 4.69) is 11.7 Å². The zero-order chi connectivity index (χ0) is 13.6. The van der Waals surface area contributed by atoms with Crippen LogP contribution >= 0.6 is 0 Å². The molecule has 0 amide bonds. The minimum absolute atomic E-state index is 0.333. The summed E-state index contributed by atoms with van der Waals surface area (Å²) in [5.41, 5.74) is 0. The first-order valence-electron chi connectivity index (χ1n) is 5.68. The highest BCUT2D eigenvalue weighted by molar-refractivity contribution is 5.57. The molecular weight excluding hydrogens is 206 g/mol. The van der Waals surface area contributed by atoms with Gasteiger partial charge in [0.05, 0.1) is 6.10 Å². The molecule has 2 N–H and O–H groups in total. The Kier molecular flexibility index (Phi) is 18.1. The van der Waals surface area contributed by atoms with Crippen molar-refractivity contribution < 1.29 is 15.1 Å². The van der Waals surface area contributed by atoms with Gasteiger partial charge in [0, 0.05) is 12.6 Å². The summed E-state index contributed by atoms with van der Waals surface area (Å²) >= 11 is 0. The first kappa shape index (κ1) is 20.5. The topological polar surface area (TPSA) is 62.1 Å². The quantitative estimate of drug-likeness (QED) is 0.252. The normalized spacial score (nSPS) is 11.9. The maximum Gasteiger partial charge on any atom is 0.160 e. The molecule has 0 bridgehead atoms. The van der Waals surface area contributed by atoms with Gasteiger partial charge in [-0.25, -0.2) is 0 Å². The Hall–Kier alpha value is -0.870. The van der Waals surface area contributed by atoms with E-state index in [1.54, 1.807) is 6.08 Å². The largest absolute Gasteiger partial charge is 0.411 e. The van der Waals surface area contributed by atoms with Crippen molar-refractivity contribution in [3.05, 3.63) is 12.7 Å². The van der Waals surface area contributed by atoms with E-state index in [0.29, 0.717) is 6.42 Å². The number of hydrogen-bond acceptors (Lipinski definition) is 4. The molecule has 0 fully saturated rings. The molecule has 98 valence electrons. The van der Waals surface area contributed by atoms with E-state index in [9.17, 15) is 5.11 Å². The molecule has 0 spiro atoms. The van der Waals surface area contributed by atoms with E-state index in [1.165, 1.54) is 20.1 Å². The van der Waals surface area contributed by atoms with Crippen molar-refractivity contribution in [2.75, 3.05) is 0 Å². The van der Waals surface area contributed by atoms with Crippen molar-refractivity contribution in [2.45, 2.75) is 59.9 Å². The van der Waals surface area contributed by atoms with Crippen LogP contribution in [0, 0.1) is 0 Å². The van der Waals surface area contributed by atoms with Crippen LogP contribution in [0.3, 0.4) is 0 Å². The van der Waals surface area contributed by atoms with Gasteiger partial charge in [0.25, 0.3) is 0 Å². The minimum atomic E-state index is -1.19. The predicted octanol–water partition coefficient (Wildman–Crippen LogP) is 3.19. The number of rotatable bonds is 5. The lowest BCUT2D eigenvalue weighted by Crippen LogP contribution is -2.29. The fourth-order valence-electron chi connectivity index (χ4n) is 0.714. The summed E-state index contributed by atoms with van der Waals surface area (Å²) in [6, 6.07) is 0. The lowest BCUT2D eigenvalue weighted by Gasteiger charge is -2.22. The molecule has 0 aromatic rings. The molecule has 16 heavy (non-hydrogen) atoms. The zero-order valence-electron chi connectivity index (χ0n) is 11.4. The third-order valence-electron chi connectivity index (χ3n) is 1.12. The molecule has 0 aliphatic heterocycles. The molecule has 0 aliphatic rings. The third-order valence-corrected chi connectivity index (χ3v) is 1.12. The Bertz CT molecular complexity index is 162. The Balaban J connectivity index is -0.000000376. The van der Waals surface area contributed by atoms with Crippen LogP contribution in [-0.2, 0) is 4.74 Å². The molecule has 0 aromatic heterocycles. The molecule has 1 atom stereocenters. The first-order valence-corrected chi connectivity index (χ1v) is 5.68. The third kappa shape index (κ3) is 18.8. The summed E-state index contributed by atoms with van der Waals surface area (Å²) in [6.45, 7) is 14.6. The molecule has 0 aromatic carbocycles. The van der Waals surface area contributed by atoms with Crippen molar-refractivity contribution in [3.8, 4) is 0 Å². The fraction of sp³-hybridized carbons (Fsp3) is 0.750. The Morgan fingerprint density at radius 1 is 1.31 bits per heavy atom. The summed E-state index contributed by atoms with van der Waals surface area (Å²) < 4.78 is 5.12. The van der Waals surface area contributed by atoms with Crippen molar-refractivity contribution in [2.24, 2.45) is 5.16 Å². The highest BCUT2D eigenvalue weighted by Gasteiger charge is 2.17. The van der Waals surface area contributed by atoms with Crippen LogP contribution in [-0.4, -0.2) is 28.4 Å². The van der Waals surface area contributed by atoms with Crippen LogP contribution < -0.4 is 0 Å². The number of oxime groups is 1. The number of ether oxygens (including phenoxy) is 1. The van der Waals surface area contributed by atoms with E-state index < -0.39 is 5.79 Å². The SMILES string of the molecule is C=CC(C/C=N/O)OC(C)(C)O.CC.CC. The summed E-state index contributed by atoms with van der Waals surface area (Å²) in [7, 11) is 0. The average Bonchev–Trinajstić information content (AvgIpc) is 2.28. The van der Waals surface area contributed by atoms with Crippen LogP contribution in [0.4, 0.5) is 0 Å². The summed E-state index contributed by atoms with van der Waals surface area (Å²) in [4.78, 5) is 0. The van der Waals surface area contributed by atoms with E-state index in [0.717, 1.165) is 0 Å². The smallest absolute Gasteiger partial charge is 0.160 e.